The Bertz CT molecular complexity index is 667. The Morgan fingerprint density at radius 3 is 2.53 bits per heavy atom. The van der Waals surface area contributed by atoms with Crippen LogP contribution in [0.5, 0.6) is 0 Å². The number of carbonyl (C=O) groups excluding carboxylic acids is 2. The molecule has 4 aliphatic rings. The molecule has 1 amide bonds. The summed E-state index contributed by atoms with van der Waals surface area (Å²) in [5, 5.41) is 0. The van der Waals surface area contributed by atoms with Crippen LogP contribution in [0.4, 0.5) is 4.39 Å². The number of fused-ring (bicyclic) bond motifs is 1. The molecule has 168 valence electrons. The predicted molar refractivity (Wildman–Crippen MR) is 112 cm³/mol. The van der Waals surface area contributed by atoms with Gasteiger partial charge in [-0.25, -0.2) is 4.39 Å². The zero-order valence-corrected chi connectivity index (χ0v) is 18.2. The molecule has 2 heterocycles. The third-order valence-corrected chi connectivity index (χ3v) is 7.52. The number of rotatable bonds is 4. The second-order valence-corrected chi connectivity index (χ2v) is 9.21. The Morgan fingerprint density at radius 2 is 1.83 bits per heavy atom. The highest BCUT2D eigenvalue weighted by molar-refractivity contribution is 5.74. The first-order valence-electron chi connectivity index (χ1n) is 11.6. The largest absolute Gasteiger partial charge is 0.466 e. The van der Waals surface area contributed by atoms with Crippen LogP contribution >= 0.6 is 0 Å². The van der Waals surface area contributed by atoms with E-state index in [0.717, 1.165) is 45.4 Å². The number of piperazine rings is 1. The van der Waals surface area contributed by atoms with Gasteiger partial charge in [-0.1, -0.05) is 0 Å². The summed E-state index contributed by atoms with van der Waals surface area (Å²) in [6.45, 7) is 7.18. The van der Waals surface area contributed by atoms with Crippen LogP contribution in [0.3, 0.4) is 0 Å². The van der Waals surface area contributed by atoms with E-state index in [2.05, 4.69) is 14.8 Å². The summed E-state index contributed by atoms with van der Waals surface area (Å²) in [6.07, 6.45) is 6.09. The summed E-state index contributed by atoms with van der Waals surface area (Å²) in [5.74, 6) is -0.936. The number of nitrogens with zero attached hydrogens (tertiary/aromatic N) is 4. The third-order valence-electron chi connectivity index (χ3n) is 7.52. The van der Waals surface area contributed by atoms with Crippen LogP contribution in [0.15, 0.2) is 4.99 Å². The molecular weight excluding hydrogens is 387 g/mol. The van der Waals surface area contributed by atoms with E-state index in [-0.39, 0.29) is 24.6 Å². The van der Waals surface area contributed by atoms with E-state index >= 15 is 0 Å². The summed E-state index contributed by atoms with van der Waals surface area (Å²) in [4.78, 5) is 35.1. The van der Waals surface area contributed by atoms with Crippen molar-refractivity contribution in [1.29, 1.82) is 0 Å². The lowest BCUT2D eigenvalue weighted by atomic mass is 9.79. The standard InChI is InChI=1S/C22H35FN4O3/c1-3-30-22(29)18-12-20-21(13-19(18)23)27(14-24-20)17-6-4-5-16(11-17)26-9-7-25(8-10-26)15(2)28/h14,16-21H,3-13H2,1-2H3. The highest BCUT2D eigenvalue weighted by atomic mass is 19.1. The van der Waals surface area contributed by atoms with E-state index in [9.17, 15) is 14.0 Å². The third kappa shape index (κ3) is 4.34. The molecule has 2 aliphatic heterocycles. The molecule has 0 N–H and O–H groups in total. The Balaban J connectivity index is 1.34. The molecule has 0 spiro atoms. The monoisotopic (exact) mass is 422 g/mol. The van der Waals surface area contributed by atoms with Crippen molar-refractivity contribution in [3.8, 4) is 0 Å². The van der Waals surface area contributed by atoms with Gasteiger partial charge in [0.25, 0.3) is 0 Å². The van der Waals surface area contributed by atoms with Crippen LogP contribution in [0.1, 0.15) is 52.4 Å². The van der Waals surface area contributed by atoms with E-state index in [0.29, 0.717) is 24.9 Å². The van der Waals surface area contributed by atoms with Gasteiger partial charge in [0.2, 0.25) is 5.91 Å². The van der Waals surface area contributed by atoms with E-state index in [1.165, 1.54) is 6.42 Å². The van der Waals surface area contributed by atoms with Gasteiger partial charge in [-0.3, -0.25) is 19.5 Å². The predicted octanol–water partition coefficient (Wildman–Crippen LogP) is 1.85. The van der Waals surface area contributed by atoms with Gasteiger partial charge in [-0.15, -0.1) is 0 Å². The maximum absolute atomic E-state index is 14.8. The number of hydrogen-bond donors (Lipinski definition) is 0. The maximum Gasteiger partial charge on any atom is 0.311 e. The van der Waals surface area contributed by atoms with Crippen LogP contribution in [0.25, 0.3) is 0 Å². The summed E-state index contributed by atoms with van der Waals surface area (Å²) in [7, 11) is 0. The molecule has 0 radical (unpaired) electrons. The number of hydrogen-bond acceptors (Lipinski definition) is 6. The molecular formula is C22H35FN4O3. The van der Waals surface area contributed by atoms with Crippen LogP contribution in [-0.2, 0) is 14.3 Å². The molecule has 6 unspecified atom stereocenters. The SMILES string of the molecule is CCOC(=O)C1CC2N=CN(C3CCCC(N4CCN(C(C)=O)CC4)C3)C2CC1F. The van der Waals surface area contributed by atoms with E-state index in [4.69, 9.17) is 4.74 Å². The lowest BCUT2D eigenvalue weighted by Crippen LogP contribution is -2.55. The summed E-state index contributed by atoms with van der Waals surface area (Å²) in [6, 6.07) is 0.942. The Labute approximate surface area is 178 Å². The molecule has 2 aliphatic carbocycles. The summed E-state index contributed by atoms with van der Waals surface area (Å²) >= 11 is 0. The molecule has 0 bridgehead atoms. The van der Waals surface area contributed by atoms with Crippen molar-refractivity contribution in [2.45, 2.75) is 82.7 Å². The van der Waals surface area contributed by atoms with Crippen LogP contribution < -0.4 is 0 Å². The van der Waals surface area contributed by atoms with Crippen LogP contribution in [0.2, 0.25) is 0 Å². The van der Waals surface area contributed by atoms with Gasteiger partial charge in [-0.2, -0.15) is 0 Å². The number of amides is 1. The second kappa shape index (κ2) is 9.20. The molecule has 6 atom stereocenters. The van der Waals surface area contributed by atoms with Gasteiger partial charge in [0.05, 0.1) is 30.9 Å². The van der Waals surface area contributed by atoms with Crippen molar-refractivity contribution in [2.24, 2.45) is 10.9 Å². The second-order valence-electron chi connectivity index (χ2n) is 9.21. The van der Waals surface area contributed by atoms with Crippen molar-refractivity contribution in [2.75, 3.05) is 32.8 Å². The van der Waals surface area contributed by atoms with Crippen molar-refractivity contribution >= 4 is 18.2 Å². The van der Waals surface area contributed by atoms with Gasteiger partial charge < -0.3 is 14.5 Å². The zero-order chi connectivity index (χ0) is 21.3. The Kier molecular flexibility index (Phi) is 6.60. The average Bonchev–Trinajstić information content (AvgIpc) is 3.16. The molecule has 0 aromatic heterocycles. The van der Waals surface area contributed by atoms with E-state index < -0.39 is 18.1 Å². The van der Waals surface area contributed by atoms with Crippen molar-refractivity contribution in [3.63, 3.8) is 0 Å². The highest BCUT2D eigenvalue weighted by Gasteiger charge is 2.47. The van der Waals surface area contributed by atoms with Crippen molar-refractivity contribution in [3.05, 3.63) is 0 Å². The Morgan fingerprint density at radius 1 is 1.10 bits per heavy atom. The maximum atomic E-state index is 14.8. The fourth-order valence-corrected chi connectivity index (χ4v) is 5.85. The molecule has 0 aromatic carbocycles. The molecule has 7 nitrogen and oxygen atoms in total. The normalized spacial score (nSPS) is 37.2. The number of ether oxygens (including phenoxy) is 1. The quantitative estimate of drug-likeness (QED) is 0.647. The number of carbonyl (C=O) groups is 2. The fourth-order valence-electron chi connectivity index (χ4n) is 5.85. The molecule has 8 heteroatoms. The van der Waals surface area contributed by atoms with Gasteiger partial charge in [0.15, 0.2) is 0 Å². The van der Waals surface area contributed by atoms with Crippen molar-refractivity contribution < 1.29 is 18.7 Å². The first kappa shape index (κ1) is 21.5. The molecule has 0 aromatic rings. The number of esters is 1. The average molecular weight is 423 g/mol. The Hall–Kier alpha value is -1.70. The number of halogens is 1. The van der Waals surface area contributed by atoms with Gasteiger partial charge in [-0.05, 0) is 39.0 Å². The van der Waals surface area contributed by atoms with Gasteiger partial charge >= 0.3 is 5.97 Å². The molecule has 2 saturated carbocycles. The van der Waals surface area contributed by atoms with Crippen LogP contribution in [0, 0.1) is 5.92 Å². The smallest absolute Gasteiger partial charge is 0.311 e. The molecule has 30 heavy (non-hydrogen) atoms. The van der Waals surface area contributed by atoms with E-state index in [1.807, 2.05) is 11.2 Å². The minimum atomic E-state index is -1.16. The first-order chi connectivity index (χ1) is 14.5. The van der Waals surface area contributed by atoms with Gasteiger partial charge in [0, 0.05) is 51.6 Å². The highest BCUT2D eigenvalue weighted by Crippen LogP contribution is 2.38. The zero-order valence-electron chi connectivity index (χ0n) is 18.2. The first-order valence-corrected chi connectivity index (χ1v) is 11.6. The summed E-state index contributed by atoms with van der Waals surface area (Å²) < 4.78 is 19.9. The topological polar surface area (TPSA) is 65.5 Å². The molecule has 4 rings (SSSR count). The number of aliphatic imine (C=N–C) groups is 1. The van der Waals surface area contributed by atoms with Crippen LogP contribution in [-0.4, -0.2) is 96.0 Å². The lowest BCUT2D eigenvalue weighted by Gasteiger charge is -2.46. The minimum absolute atomic E-state index is 0.00843. The minimum Gasteiger partial charge on any atom is -0.466 e. The molecule has 3 fully saturated rings. The van der Waals surface area contributed by atoms with Crippen molar-refractivity contribution in [1.82, 2.24) is 14.7 Å². The van der Waals surface area contributed by atoms with Gasteiger partial charge in [0.1, 0.15) is 6.17 Å². The number of alkyl halides is 1. The van der Waals surface area contributed by atoms with E-state index in [1.54, 1.807) is 13.8 Å². The summed E-state index contributed by atoms with van der Waals surface area (Å²) in [5.41, 5.74) is 0. The fraction of sp³-hybridized carbons (Fsp3) is 0.864. The molecule has 1 saturated heterocycles. The lowest BCUT2D eigenvalue weighted by molar-refractivity contribution is -0.152.